The van der Waals surface area contributed by atoms with Crippen molar-refractivity contribution >= 4 is 11.6 Å². The number of piperazine rings is 2. The Morgan fingerprint density at radius 2 is 1.65 bits per heavy atom. The fourth-order valence-electron chi connectivity index (χ4n) is 4.03. The number of para-hydroxylation sites is 1. The first kappa shape index (κ1) is 19.2. The first-order chi connectivity index (χ1) is 12.6. The summed E-state index contributed by atoms with van der Waals surface area (Å²) in [6, 6.07) is 9.20. The van der Waals surface area contributed by atoms with Crippen molar-refractivity contribution in [1.29, 1.82) is 0 Å². The summed E-state index contributed by atoms with van der Waals surface area (Å²) in [6.07, 6.45) is 1.18. The summed E-state index contributed by atoms with van der Waals surface area (Å²) < 4.78 is 0. The van der Waals surface area contributed by atoms with Gasteiger partial charge in [-0.05, 0) is 31.9 Å². The molecule has 1 unspecified atom stereocenters. The van der Waals surface area contributed by atoms with Crippen LogP contribution in [-0.2, 0) is 4.79 Å². The summed E-state index contributed by atoms with van der Waals surface area (Å²) in [7, 11) is 0. The number of rotatable bonds is 5. The molecule has 2 fully saturated rings. The molecule has 1 amide bonds. The van der Waals surface area contributed by atoms with Gasteiger partial charge in [-0.1, -0.05) is 25.1 Å². The second-order valence-electron chi connectivity index (χ2n) is 7.72. The minimum Gasteiger partial charge on any atom is -0.369 e. The molecule has 144 valence electrons. The van der Waals surface area contributed by atoms with Crippen LogP contribution in [0.5, 0.6) is 0 Å². The average molecular weight is 359 g/mol. The van der Waals surface area contributed by atoms with Gasteiger partial charge in [-0.3, -0.25) is 14.6 Å². The zero-order chi connectivity index (χ0) is 18.5. The molecule has 0 spiro atoms. The second kappa shape index (κ2) is 8.87. The Kier molecular flexibility index (Phi) is 6.54. The van der Waals surface area contributed by atoms with Crippen LogP contribution in [0, 0.1) is 6.92 Å². The third-order valence-corrected chi connectivity index (χ3v) is 6.07. The molecule has 0 N–H and O–H groups in total. The fourth-order valence-corrected chi connectivity index (χ4v) is 4.03. The summed E-state index contributed by atoms with van der Waals surface area (Å²) in [6.45, 7) is 15.0. The minimum absolute atomic E-state index is 0.304. The maximum absolute atomic E-state index is 12.7. The molecule has 1 aromatic rings. The molecule has 0 aliphatic carbocycles. The van der Waals surface area contributed by atoms with E-state index in [1.807, 2.05) is 0 Å². The van der Waals surface area contributed by atoms with E-state index in [0.717, 1.165) is 52.4 Å². The molecule has 26 heavy (non-hydrogen) atoms. The Morgan fingerprint density at radius 3 is 2.27 bits per heavy atom. The third-order valence-electron chi connectivity index (χ3n) is 6.07. The summed E-state index contributed by atoms with van der Waals surface area (Å²) in [5.41, 5.74) is 2.66. The van der Waals surface area contributed by atoms with Crippen LogP contribution in [0.15, 0.2) is 24.3 Å². The Bertz CT molecular complexity index is 589. The summed E-state index contributed by atoms with van der Waals surface area (Å²) in [4.78, 5) is 22.0. The number of hydrogen-bond donors (Lipinski definition) is 0. The number of aryl methyl sites for hydroxylation is 1. The van der Waals surface area contributed by atoms with Crippen molar-refractivity contribution in [1.82, 2.24) is 14.7 Å². The number of hydrogen-bond acceptors (Lipinski definition) is 4. The Labute approximate surface area is 158 Å². The summed E-state index contributed by atoms with van der Waals surface area (Å²) in [5, 5.41) is 0. The van der Waals surface area contributed by atoms with Crippen molar-refractivity contribution in [3.8, 4) is 0 Å². The van der Waals surface area contributed by atoms with Gasteiger partial charge in [0.15, 0.2) is 0 Å². The van der Waals surface area contributed by atoms with Crippen molar-refractivity contribution in [3.63, 3.8) is 0 Å². The van der Waals surface area contributed by atoms with Gasteiger partial charge in [-0.2, -0.15) is 0 Å². The Balaban J connectivity index is 1.43. The van der Waals surface area contributed by atoms with Crippen molar-refractivity contribution in [2.45, 2.75) is 33.2 Å². The van der Waals surface area contributed by atoms with Crippen LogP contribution in [0.2, 0.25) is 0 Å². The van der Waals surface area contributed by atoms with Crippen molar-refractivity contribution in [2.24, 2.45) is 0 Å². The molecule has 0 aromatic heterocycles. The van der Waals surface area contributed by atoms with Crippen LogP contribution in [0.3, 0.4) is 0 Å². The van der Waals surface area contributed by atoms with Gasteiger partial charge in [-0.25, -0.2) is 0 Å². The molecule has 2 saturated heterocycles. The first-order valence-electron chi connectivity index (χ1n) is 10.1. The normalized spacial score (nSPS) is 21.0. The van der Waals surface area contributed by atoms with E-state index in [-0.39, 0.29) is 0 Å². The number of benzene rings is 1. The first-order valence-corrected chi connectivity index (χ1v) is 10.1. The molecule has 1 atom stereocenters. The lowest BCUT2D eigenvalue weighted by Crippen LogP contribution is -2.55. The fraction of sp³-hybridized carbons (Fsp3) is 0.667. The Hall–Kier alpha value is -1.59. The van der Waals surface area contributed by atoms with Crippen LogP contribution < -0.4 is 4.90 Å². The second-order valence-corrected chi connectivity index (χ2v) is 7.72. The van der Waals surface area contributed by atoms with Crippen molar-refractivity contribution in [3.05, 3.63) is 29.8 Å². The SMILES string of the molecule is CCC(C)N1CCN(C(=O)CN2CCN(c3ccccc3C)CC2)CC1. The zero-order valence-corrected chi connectivity index (χ0v) is 16.7. The van der Waals surface area contributed by atoms with E-state index in [0.29, 0.717) is 18.5 Å². The van der Waals surface area contributed by atoms with Crippen LogP contribution in [0.1, 0.15) is 25.8 Å². The monoisotopic (exact) mass is 358 g/mol. The van der Waals surface area contributed by atoms with E-state index in [1.165, 1.54) is 17.7 Å². The topological polar surface area (TPSA) is 30.0 Å². The smallest absolute Gasteiger partial charge is 0.236 e. The highest BCUT2D eigenvalue weighted by molar-refractivity contribution is 5.78. The number of carbonyl (C=O) groups is 1. The molecular formula is C21H34N4O. The largest absolute Gasteiger partial charge is 0.369 e. The predicted octanol–water partition coefficient (Wildman–Crippen LogP) is 2.06. The third kappa shape index (κ3) is 4.57. The zero-order valence-electron chi connectivity index (χ0n) is 16.7. The summed E-state index contributed by atoms with van der Waals surface area (Å²) >= 11 is 0. The minimum atomic E-state index is 0.304. The number of anilines is 1. The van der Waals surface area contributed by atoms with E-state index < -0.39 is 0 Å². The molecule has 0 bridgehead atoms. The van der Waals surface area contributed by atoms with E-state index >= 15 is 0 Å². The van der Waals surface area contributed by atoms with Gasteiger partial charge in [0.25, 0.3) is 0 Å². The number of carbonyl (C=O) groups excluding carboxylic acids is 1. The van der Waals surface area contributed by atoms with E-state index in [9.17, 15) is 4.79 Å². The lowest BCUT2D eigenvalue weighted by atomic mass is 10.1. The number of amides is 1. The maximum atomic E-state index is 12.7. The standard InChI is InChI=1S/C21H34N4O/c1-4-19(3)23-13-15-25(16-14-23)21(26)17-22-9-11-24(12-10-22)20-8-6-5-7-18(20)2/h5-8,19H,4,9-17H2,1-3H3. The van der Waals surface area contributed by atoms with Crippen LogP contribution in [0.4, 0.5) is 5.69 Å². The molecule has 3 rings (SSSR count). The highest BCUT2D eigenvalue weighted by atomic mass is 16.2. The molecule has 0 saturated carbocycles. The van der Waals surface area contributed by atoms with Gasteiger partial charge in [0.05, 0.1) is 6.54 Å². The average Bonchev–Trinajstić information content (AvgIpc) is 2.68. The maximum Gasteiger partial charge on any atom is 0.236 e. The Morgan fingerprint density at radius 1 is 1.00 bits per heavy atom. The van der Waals surface area contributed by atoms with Gasteiger partial charge in [0.1, 0.15) is 0 Å². The van der Waals surface area contributed by atoms with Crippen molar-refractivity contribution < 1.29 is 4.79 Å². The lowest BCUT2D eigenvalue weighted by molar-refractivity contribution is -0.134. The molecule has 2 aliphatic rings. The van der Waals surface area contributed by atoms with Gasteiger partial charge in [0, 0.05) is 64.1 Å². The van der Waals surface area contributed by atoms with E-state index in [2.05, 4.69) is 64.6 Å². The van der Waals surface area contributed by atoms with Crippen LogP contribution >= 0.6 is 0 Å². The van der Waals surface area contributed by atoms with Gasteiger partial charge in [0.2, 0.25) is 5.91 Å². The molecule has 2 aliphatic heterocycles. The molecule has 0 radical (unpaired) electrons. The molecule has 1 aromatic carbocycles. The number of nitrogens with zero attached hydrogens (tertiary/aromatic N) is 4. The molecule has 2 heterocycles. The predicted molar refractivity (Wildman–Crippen MR) is 108 cm³/mol. The van der Waals surface area contributed by atoms with Crippen LogP contribution in [0.25, 0.3) is 0 Å². The highest BCUT2D eigenvalue weighted by Gasteiger charge is 2.26. The lowest BCUT2D eigenvalue weighted by Gasteiger charge is -2.40. The van der Waals surface area contributed by atoms with Crippen LogP contribution in [-0.4, -0.2) is 85.6 Å². The van der Waals surface area contributed by atoms with Crippen molar-refractivity contribution in [2.75, 3.05) is 63.8 Å². The van der Waals surface area contributed by atoms with Gasteiger partial charge < -0.3 is 9.80 Å². The summed E-state index contributed by atoms with van der Waals surface area (Å²) in [5.74, 6) is 0.304. The van der Waals surface area contributed by atoms with E-state index in [4.69, 9.17) is 0 Å². The van der Waals surface area contributed by atoms with Gasteiger partial charge in [-0.15, -0.1) is 0 Å². The van der Waals surface area contributed by atoms with E-state index in [1.54, 1.807) is 0 Å². The highest BCUT2D eigenvalue weighted by Crippen LogP contribution is 2.20. The van der Waals surface area contributed by atoms with Gasteiger partial charge >= 0.3 is 0 Å². The molecule has 5 nitrogen and oxygen atoms in total. The molecular weight excluding hydrogens is 324 g/mol. The molecule has 5 heteroatoms. The quantitative estimate of drug-likeness (QED) is 0.806.